The molecule has 178 valence electrons. The number of methoxy groups -OCH3 is 1. The molecule has 0 aliphatic carbocycles. The Labute approximate surface area is 198 Å². The van der Waals surface area contributed by atoms with Gasteiger partial charge in [-0.05, 0) is 54.4 Å². The molecule has 8 nitrogen and oxygen atoms in total. The van der Waals surface area contributed by atoms with Gasteiger partial charge in [0.2, 0.25) is 0 Å². The van der Waals surface area contributed by atoms with Crippen molar-refractivity contribution in [2.24, 2.45) is 0 Å². The van der Waals surface area contributed by atoms with Gasteiger partial charge in [0.25, 0.3) is 11.8 Å². The fraction of sp³-hybridized carbons (Fsp3) is 0.308. The van der Waals surface area contributed by atoms with Crippen LogP contribution in [0.3, 0.4) is 0 Å². The van der Waals surface area contributed by atoms with Crippen molar-refractivity contribution in [1.29, 1.82) is 0 Å². The second-order valence-corrected chi connectivity index (χ2v) is 8.11. The number of furan rings is 1. The summed E-state index contributed by atoms with van der Waals surface area (Å²) in [6, 6.07) is 16.4. The smallest absolute Gasteiger partial charge is 0.291 e. The van der Waals surface area contributed by atoms with Gasteiger partial charge in [0.15, 0.2) is 5.76 Å². The van der Waals surface area contributed by atoms with Gasteiger partial charge in [0, 0.05) is 30.9 Å². The van der Waals surface area contributed by atoms with Crippen molar-refractivity contribution in [3.63, 3.8) is 0 Å². The van der Waals surface area contributed by atoms with E-state index in [9.17, 15) is 9.59 Å². The van der Waals surface area contributed by atoms with Crippen molar-refractivity contribution in [2.75, 3.05) is 45.3 Å². The predicted molar refractivity (Wildman–Crippen MR) is 128 cm³/mol. The molecule has 0 saturated carbocycles. The third-order valence-corrected chi connectivity index (χ3v) is 5.94. The minimum atomic E-state index is -0.363. The molecule has 4 rings (SSSR count). The van der Waals surface area contributed by atoms with Gasteiger partial charge in [-0.15, -0.1) is 0 Å². The Kier molecular flexibility index (Phi) is 7.61. The highest BCUT2D eigenvalue weighted by Crippen LogP contribution is 2.24. The number of ether oxygens (including phenoxy) is 2. The van der Waals surface area contributed by atoms with Crippen LogP contribution in [0.2, 0.25) is 0 Å². The molecule has 1 saturated heterocycles. The number of nitrogens with one attached hydrogen (secondary N) is 2. The molecule has 8 heteroatoms. The molecule has 2 aromatic carbocycles. The van der Waals surface area contributed by atoms with Gasteiger partial charge in [-0.25, -0.2) is 0 Å². The Balaban J connectivity index is 1.47. The van der Waals surface area contributed by atoms with Crippen LogP contribution in [0, 0.1) is 6.92 Å². The number of aryl methyl sites for hydroxylation is 1. The van der Waals surface area contributed by atoms with Gasteiger partial charge in [-0.2, -0.15) is 0 Å². The number of amides is 2. The molecule has 0 radical (unpaired) electrons. The summed E-state index contributed by atoms with van der Waals surface area (Å²) < 4.78 is 15.9. The SMILES string of the molecule is COc1ccc(C(CNC(=O)c2ccc(C)c(NC(=O)c3ccco3)c2)N2CCOCC2)cc1. The zero-order chi connectivity index (χ0) is 23.9. The zero-order valence-corrected chi connectivity index (χ0v) is 19.4. The standard InChI is InChI=1S/C26H29N3O5/c1-18-5-6-20(16-22(18)28-26(31)24-4-3-13-34-24)25(30)27-17-23(29-11-14-33-15-12-29)19-7-9-21(32-2)10-8-19/h3-10,13,16,23H,11-12,14-15,17H2,1-2H3,(H,27,30)(H,28,31). The largest absolute Gasteiger partial charge is 0.497 e. The molecular formula is C26H29N3O5. The minimum Gasteiger partial charge on any atom is -0.497 e. The molecule has 2 amide bonds. The van der Waals surface area contributed by atoms with E-state index in [4.69, 9.17) is 13.9 Å². The van der Waals surface area contributed by atoms with E-state index in [0.717, 1.165) is 30.0 Å². The summed E-state index contributed by atoms with van der Waals surface area (Å²) in [5.41, 5.74) is 2.98. The van der Waals surface area contributed by atoms with Gasteiger partial charge in [0.05, 0.1) is 32.6 Å². The van der Waals surface area contributed by atoms with E-state index < -0.39 is 0 Å². The van der Waals surface area contributed by atoms with Crippen LogP contribution in [0.4, 0.5) is 5.69 Å². The first kappa shape index (κ1) is 23.5. The fourth-order valence-corrected chi connectivity index (χ4v) is 3.95. The van der Waals surface area contributed by atoms with Crippen LogP contribution in [0.1, 0.15) is 38.1 Å². The normalized spacial score (nSPS) is 14.9. The summed E-state index contributed by atoms with van der Waals surface area (Å²) in [5.74, 6) is 0.428. The second kappa shape index (κ2) is 11.0. The van der Waals surface area contributed by atoms with Crippen LogP contribution in [0.5, 0.6) is 5.75 Å². The lowest BCUT2D eigenvalue weighted by Crippen LogP contribution is -2.43. The summed E-state index contributed by atoms with van der Waals surface area (Å²) in [7, 11) is 1.64. The number of anilines is 1. The molecule has 0 bridgehead atoms. The minimum absolute atomic E-state index is 0.00216. The Bertz CT molecular complexity index is 1110. The van der Waals surface area contributed by atoms with Gasteiger partial charge < -0.3 is 24.5 Å². The molecule has 1 aliphatic rings. The summed E-state index contributed by atoms with van der Waals surface area (Å²) in [5, 5.41) is 5.88. The lowest BCUT2D eigenvalue weighted by atomic mass is 10.0. The molecule has 1 fully saturated rings. The van der Waals surface area contributed by atoms with Crippen molar-refractivity contribution in [2.45, 2.75) is 13.0 Å². The average molecular weight is 464 g/mol. The lowest BCUT2D eigenvalue weighted by Gasteiger charge is -2.35. The number of hydrogen-bond donors (Lipinski definition) is 2. The van der Waals surface area contributed by atoms with Gasteiger partial charge >= 0.3 is 0 Å². The van der Waals surface area contributed by atoms with Crippen molar-refractivity contribution in [3.8, 4) is 5.75 Å². The second-order valence-electron chi connectivity index (χ2n) is 8.11. The lowest BCUT2D eigenvalue weighted by molar-refractivity contribution is 0.0162. The van der Waals surface area contributed by atoms with E-state index in [2.05, 4.69) is 15.5 Å². The maximum atomic E-state index is 13.0. The Hall–Kier alpha value is -3.62. The molecule has 1 unspecified atom stereocenters. The molecule has 1 aromatic heterocycles. The fourth-order valence-electron chi connectivity index (χ4n) is 3.95. The van der Waals surface area contributed by atoms with Crippen LogP contribution in [-0.4, -0.2) is 56.7 Å². The van der Waals surface area contributed by atoms with Crippen LogP contribution in [-0.2, 0) is 4.74 Å². The Morgan fingerprint density at radius 1 is 1.06 bits per heavy atom. The van der Waals surface area contributed by atoms with Gasteiger partial charge in [0.1, 0.15) is 5.75 Å². The van der Waals surface area contributed by atoms with E-state index in [1.165, 1.54) is 6.26 Å². The number of morpholine rings is 1. The summed E-state index contributed by atoms with van der Waals surface area (Å²) in [6.45, 7) is 5.22. The number of rotatable bonds is 8. The third kappa shape index (κ3) is 5.65. The third-order valence-electron chi connectivity index (χ3n) is 5.94. The van der Waals surface area contributed by atoms with Crippen molar-refractivity contribution >= 4 is 17.5 Å². The number of benzene rings is 2. The number of hydrogen-bond acceptors (Lipinski definition) is 6. The molecule has 2 N–H and O–H groups in total. The van der Waals surface area contributed by atoms with E-state index in [1.807, 2.05) is 37.3 Å². The number of nitrogens with zero attached hydrogens (tertiary/aromatic N) is 1. The van der Waals surface area contributed by atoms with E-state index >= 15 is 0 Å². The monoisotopic (exact) mass is 463 g/mol. The number of carbonyl (C=O) groups is 2. The summed E-state index contributed by atoms with van der Waals surface area (Å²) in [6.07, 6.45) is 1.44. The summed E-state index contributed by atoms with van der Waals surface area (Å²) >= 11 is 0. The first-order valence-corrected chi connectivity index (χ1v) is 11.2. The molecule has 34 heavy (non-hydrogen) atoms. The van der Waals surface area contributed by atoms with Crippen LogP contribution in [0.15, 0.2) is 65.3 Å². The Morgan fingerprint density at radius 3 is 2.50 bits per heavy atom. The molecule has 3 aromatic rings. The predicted octanol–water partition coefficient (Wildman–Crippen LogP) is 3.65. The van der Waals surface area contributed by atoms with Crippen LogP contribution < -0.4 is 15.4 Å². The molecule has 2 heterocycles. The summed E-state index contributed by atoms with van der Waals surface area (Å²) in [4.78, 5) is 27.7. The van der Waals surface area contributed by atoms with Crippen molar-refractivity contribution in [1.82, 2.24) is 10.2 Å². The van der Waals surface area contributed by atoms with Gasteiger partial charge in [-0.3, -0.25) is 14.5 Å². The highest BCUT2D eigenvalue weighted by molar-refractivity contribution is 6.03. The Morgan fingerprint density at radius 2 is 1.82 bits per heavy atom. The first-order chi connectivity index (χ1) is 16.5. The van der Waals surface area contributed by atoms with Gasteiger partial charge in [-0.1, -0.05) is 18.2 Å². The van der Waals surface area contributed by atoms with E-state index in [-0.39, 0.29) is 23.6 Å². The number of carbonyl (C=O) groups excluding carboxylic acids is 2. The van der Waals surface area contributed by atoms with E-state index in [0.29, 0.717) is 31.0 Å². The highest BCUT2D eigenvalue weighted by atomic mass is 16.5. The maximum Gasteiger partial charge on any atom is 0.291 e. The van der Waals surface area contributed by atoms with Crippen molar-refractivity contribution in [3.05, 3.63) is 83.3 Å². The van der Waals surface area contributed by atoms with Crippen LogP contribution >= 0.6 is 0 Å². The van der Waals surface area contributed by atoms with Crippen LogP contribution in [0.25, 0.3) is 0 Å². The van der Waals surface area contributed by atoms with E-state index in [1.54, 1.807) is 31.4 Å². The molecule has 1 aliphatic heterocycles. The zero-order valence-electron chi connectivity index (χ0n) is 19.4. The quantitative estimate of drug-likeness (QED) is 0.530. The topological polar surface area (TPSA) is 93.0 Å². The molecule has 0 spiro atoms. The maximum absolute atomic E-state index is 13.0. The molecule has 1 atom stereocenters. The van der Waals surface area contributed by atoms with Crippen molar-refractivity contribution < 1.29 is 23.5 Å². The molecular weight excluding hydrogens is 434 g/mol. The highest BCUT2D eigenvalue weighted by Gasteiger charge is 2.24. The first-order valence-electron chi connectivity index (χ1n) is 11.2. The average Bonchev–Trinajstić information content (AvgIpc) is 3.42.